The number of carbonyl (C=O) groups excluding carboxylic acids is 1. The zero-order valence-electron chi connectivity index (χ0n) is 10.5. The highest BCUT2D eigenvalue weighted by molar-refractivity contribution is 9.10. The molecule has 2 aromatic heterocycles. The first-order valence-corrected chi connectivity index (χ1v) is 7.04. The highest BCUT2D eigenvalue weighted by Crippen LogP contribution is 2.20. The van der Waals surface area contributed by atoms with Crippen molar-refractivity contribution in [2.24, 2.45) is 0 Å². The van der Waals surface area contributed by atoms with Gasteiger partial charge in [0.15, 0.2) is 0 Å². The average molecular weight is 357 g/mol. The van der Waals surface area contributed by atoms with E-state index in [-0.39, 0.29) is 10.7 Å². The number of nitrogens with one attached hydrogen (secondary N) is 1. The predicted molar refractivity (Wildman–Crippen MR) is 80.6 cm³/mol. The van der Waals surface area contributed by atoms with Crippen LogP contribution in [0.4, 0.5) is 5.82 Å². The van der Waals surface area contributed by atoms with E-state index < -0.39 is 0 Å². The molecule has 7 heteroatoms. The van der Waals surface area contributed by atoms with Gasteiger partial charge in [0.05, 0.1) is 16.0 Å². The van der Waals surface area contributed by atoms with Crippen molar-refractivity contribution < 1.29 is 9.53 Å². The summed E-state index contributed by atoms with van der Waals surface area (Å²) in [5.74, 6) is 1.23. The van der Waals surface area contributed by atoms with E-state index in [1.54, 1.807) is 31.2 Å². The molecule has 104 valence electrons. The monoisotopic (exact) mass is 355 g/mol. The number of ether oxygens (including phenoxy) is 1. The van der Waals surface area contributed by atoms with Gasteiger partial charge in [0.1, 0.15) is 11.6 Å². The third kappa shape index (κ3) is 4.18. The summed E-state index contributed by atoms with van der Waals surface area (Å²) in [4.78, 5) is 19.3. The van der Waals surface area contributed by atoms with Crippen LogP contribution in [0.25, 0.3) is 0 Å². The molecule has 0 fully saturated rings. The molecule has 0 saturated heterocycles. The van der Waals surface area contributed by atoms with E-state index in [4.69, 9.17) is 16.3 Å². The number of alkyl halides is 1. The molecule has 0 unspecified atom stereocenters. The van der Waals surface area contributed by atoms with Gasteiger partial charge in [-0.2, -0.15) is 0 Å². The maximum absolute atomic E-state index is 11.5. The second-order valence-electron chi connectivity index (χ2n) is 3.90. The van der Waals surface area contributed by atoms with E-state index in [0.29, 0.717) is 22.5 Å². The zero-order valence-corrected chi connectivity index (χ0v) is 12.9. The van der Waals surface area contributed by atoms with Crippen molar-refractivity contribution >= 4 is 39.3 Å². The molecule has 2 heterocycles. The van der Waals surface area contributed by atoms with Gasteiger partial charge in [0, 0.05) is 12.3 Å². The Balaban J connectivity index is 2.01. The van der Waals surface area contributed by atoms with Crippen LogP contribution in [0, 0.1) is 0 Å². The number of carbonyl (C=O) groups is 1. The fourth-order valence-electron chi connectivity index (χ4n) is 1.28. The molecule has 0 aliphatic heterocycles. The normalized spacial score (nSPS) is 11.8. The van der Waals surface area contributed by atoms with E-state index >= 15 is 0 Å². The Kier molecular flexibility index (Phi) is 4.92. The molecule has 1 atom stereocenters. The summed E-state index contributed by atoms with van der Waals surface area (Å²) in [6, 6.07) is 6.68. The lowest BCUT2D eigenvalue weighted by molar-refractivity contribution is -0.115. The van der Waals surface area contributed by atoms with E-state index in [9.17, 15) is 4.79 Å². The van der Waals surface area contributed by atoms with E-state index in [1.807, 2.05) is 0 Å². The number of pyridine rings is 2. The number of hydrogen-bond donors (Lipinski definition) is 1. The topological polar surface area (TPSA) is 64.1 Å². The summed E-state index contributed by atoms with van der Waals surface area (Å²) in [5.41, 5.74) is 0. The molecule has 0 spiro atoms. The summed E-state index contributed by atoms with van der Waals surface area (Å²) >= 11 is 8.91. The van der Waals surface area contributed by atoms with Gasteiger partial charge in [-0.3, -0.25) is 4.79 Å². The highest BCUT2D eigenvalue weighted by atomic mass is 79.9. The minimum absolute atomic E-state index is 0.162. The Bertz CT molecular complexity index is 588. The fourth-order valence-corrected chi connectivity index (χ4v) is 1.51. The van der Waals surface area contributed by atoms with Gasteiger partial charge in [-0.15, -0.1) is 0 Å². The SMILES string of the molecule is C[C@@H](Br)C(=O)Nc1ccc(Oc2ccc(Cl)cn2)cn1. The van der Waals surface area contributed by atoms with Gasteiger partial charge in [0.25, 0.3) is 0 Å². The van der Waals surface area contributed by atoms with Gasteiger partial charge in [-0.25, -0.2) is 9.97 Å². The molecule has 2 aromatic rings. The summed E-state index contributed by atoms with van der Waals surface area (Å²) in [5, 5.41) is 3.19. The lowest BCUT2D eigenvalue weighted by Gasteiger charge is -2.07. The van der Waals surface area contributed by atoms with Gasteiger partial charge in [0.2, 0.25) is 11.8 Å². The molecule has 0 bridgehead atoms. The van der Waals surface area contributed by atoms with Crippen molar-refractivity contribution in [2.75, 3.05) is 5.32 Å². The van der Waals surface area contributed by atoms with Crippen molar-refractivity contribution in [3.05, 3.63) is 41.7 Å². The first-order chi connectivity index (χ1) is 9.54. The maximum Gasteiger partial charge on any atom is 0.239 e. The zero-order chi connectivity index (χ0) is 14.5. The van der Waals surface area contributed by atoms with Crippen LogP contribution < -0.4 is 10.1 Å². The molecule has 1 amide bonds. The second kappa shape index (κ2) is 6.67. The van der Waals surface area contributed by atoms with Crippen LogP contribution in [0.2, 0.25) is 5.02 Å². The van der Waals surface area contributed by atoms with Gasteiger partial charge >= 0.3 is 0 Å². The molecule has 0 radical (unpaired) electrons. The largest absolute Gasteiger partial charge is 0.437 e. The highest BCUT2D eigenvalue weighted by Gasteiger charge is 2.09. The van der Waals surface area contributed by atoms with Crippen molar-refractivity contribution in [1.82, 2.24) is 9.97 Å². The number of halogens is 2. The van der Waals surface area contributed by atoms with E-state index in [2.05, 4.69) is 31.2 Å². The fraction of sp³-hybridized carbons (Fsp3) is 0.154. The van der Waals surface area contributed by atoms with Crippen LogP contribution in [0.5, 0.6) is 11.6 Å². The van der Waals surface area contributed by atoms with Gasteiger partial charge < -0.3 is 10.1 Å². The molecular weight excluding hydrogens is 346 g/mol. The molecule has 0 aromatic carbocycles. The average Bonchev–Trinajstić information content (AvgIpc) is 2.43. The summed E-state index contributed by atoms with van der Waals surface area (Å²) in [6.45, 7) is 1.74. The number of anilines is 1. The van der Waals surface area contributed by atoms with Crippen LogP contribution >= 0.6 is 27.5 Å². The third-order valence-electron chi connectivity index (χ3n) is 2.27. The molecule has 0 aliphatic carbocycles. The Hall–Kier alpha value is -1.66. The lowest BCUT2D eigenvalue weighted by atomic mass is 10.4. The quantitative estimate of drug-likeness (QED) is 0.849. The number of nitrogens with zero attached hydrogens (tertiary/aromatic N) is 2. The summed E-state index contributed by atoms with van der Waals surface area (Å²) in [7, 11) is 0. The predicted octanol–water partition coefficient (Wildman–Crippen LogP) is 3.64. The third-order valence-corrected chi connectivity index (χ3v) is 2.91. The Labute approximate surface area is 129 Å². The maximum atomic E-state index is 11.5. The van der Waals surface area contributed by atoms with Crippen LogP contribution in [-0.2, 0) is 4.79 Å². The first-order valence-electron chi connectivity index (χ1n) is 5.75. The van der Waals surface area contributed by atoms with Crippen LogP contribution in [-0.4, -0.2) is 20.7 Å². The number of amides is 1. The molecule has 0 saturated carbocycles. The minimum Gasteiger partial charge on any atom is -0.437 e. The van der Waals surface area contributed by atoms with Crippen molar-refractivity contribution in [2.45, 2.75) is 11.8 Å². The smallest absolute Gasteiger partial charge is 0.239 e. The molecule has 0 aliphatic rings. The Morgan fingerprint density at radius 2 is 2.10 bits per heavy atom. The Morgan fingerprint density at radius 1 is 1.30 bits per heavy atom. The van der Waals surface area contributed by atoms with Crippen molar-refractivity contribution in [1.29, 1.82) is 0 Å². The molecule has 2 rings (SSSR count). The van der Waals surface area contributed by atoms with Gasteiger partial charge in [-0.1, -0.05) is 27.5 Å². The number of rotatable bonds is 4. The first kappa shape index (κ1) is 14.7. The number of hydrogen-bond acceptors (Lipinski definition) is 4. The van der Waals surface area contributed by atoms with E-state index in [1.165, 1.54) is 12.4 Å². The van der Waals surface area contributed by atoms with Crippen molar-refractivity contribution in [3.63, 3.8) is 0 Å². The summed E-state index contributed by atoms with van der Waals surface area (Å²) < 4.78 is 5.49. The molecule has 1 N–H and O–H groups in total. The number of aromatic nitrogens is 2. The molecule has 20 heavy (non-hydrogen) atoms. The molecular formula is C13H11BrClN3O2. The standard InChI is InChI=1S/C13H11BrClN3O2/c1-8(14)13(19)18-11-4-3-10(7-16-11)20-12-5-2-9(15)6-17-12/h2-8H,1H3,(H,16,18,19)/t8-/m1/s1. The van der Waals surface area contributed by atoms with E-state index in [0.717, 1.165) is 0 Å². The minimum atomic E-state index is -0.279. The van der Waals surface area contributed by atoms with Crippen LogP contribution in [0.15, 0.2) is 36.7 Å². The van der Waals surface area contributed by atoms with Crippen LogP contribution in [0.3, 0.4) is 0 Å². The van der Waals surface area contributed by atoms with Crippen molar-refractivity contribution in [3.8, 4) is 11.6 Å². The van der Waals surface area contributed by atoms with Crippen LogP contribution in [0.1, 0.15) is 6.92 Å². The molecule has 5 nitrogen and oxygen atoms in total. The lowest BCUT2D eigenvalue weighted by Crippen LogP contribution is -2.20. The Morgan fingerprint density at radius 3 is 2.65 bits per heavy atom. The summed E-state index contributed by atoms with van der Waals surface area (Å²) in [6.07, 6.45) is 3.00. The van der Waals surface area contributed by atoms with Gasteiger partial charge in [-0.05, 0) is 25.1 Å². The second-order valence-corrected chi connectivity index (χ2v) is 5.71.